The van der Waals surface area contributed by atoms with Crippen molar-refractivity contribution in [1.82, 2.24) is 4.98 Å². The van der Waals surface area contributed by atoms with E-state index in [1.807, 2.05) is 63.2 Å². The molecule has 25 heavy (non-hydrogen) atoms. The molecule has 0 radical (unpaired) electrons. The highest BCUT2D eigenvalue weighted by molar-refractivity contribution is 9.10. The Morgan fingerprint density at radius 3 is 2.40 bits per heavy atom. The zero-order chi connectivity index (χ0) is 18.0. The minimum absolute atomic E-state index is 0.145. The molecular weight excluding hydrogens is 398 g/mol. The predicted molar refractivity (Wildman–Crippen MR) is 108 cm³/mol. The largest absolute Gasteiger partial charge is 0.332 e. The van der Waals surface area contributed by atoms with Gasteiger partial charge in [-0.15, -0.1) is 0 Å². The second-order valence-corrected chi connectivity index (χ2v) is 7.70. The number of aryl methyl sites for hydroxylation is 3. The van der Waals surface area contributed by atoms with Gasteiger partial charge in [0.25, 0.3) is 5.91 Å². The van der Waals surface area contributed by atoms with E-state index in [-0.39, 0.29) is 5.91 Å². The Balaban J connectivity index is 1.75. The molecule has 6 heteroatoms. The normalized spacial score (nSPS) is 10.6. The van der Waals surface area contributed by atoms with Gasteiger partial charge in [-0.2, -0.15) is 0 Å². The molecule has 2 N–H and O–H groups in total. The summed E-state index contributed by atoms with van der Waals surface area (Å²) in [6, 6.07) is 13.8. The molecule has 4 nitrogen and oxygen atoms in total. The standard InChI is InChI=1S/C19H18BrN3OS/c1-11-4-6-14(7-5-11)23-19-21-13(3)17(25-19)18(24)22-15-8-9-16(20)12(2)10-15/h4-10H,1-3H3,(H,21,23)(H,22,24). The second kappa shape index (κ2) is 7.37. The Kier molecular flexibility index (Phi) is 5.20. The molecule has 0 bridgehead atoms. The third-order valence-electron chi connectivity index (χ3n) is 3.72. The van der Waals surface area contributed by atoms with Gasteiger partial charge in [0.1, 0.15) is 4.88 Å². The zero-order valence-corrected chi connectivity index (χ0v) is 16.6. The fourth-order valence-corrected chi connectivity index (χ4v) is 3.46. The van der Waals surface area contributed by atoms with Crippen LogP contribution < -0.4 is 10.6 Å². The van der Waals surface area contributed by atoms with Gasteiger partial charge in [0.15, 0.2) is 5.13 Å². The maximum absolute atomic E-state index is 12.6. The number of halogens is 1. The minimum Gasteiger partial charge on any atom is -0.332 e. The van der Waals surface area contributed by atoms with Gasteiger partial charge >= 0.3 is 0 Å². The van der Waals surface area contributed by atoms with Crippen LogP contribution >= 0.6 is 27.3 Å². The molecule has 2 aromatic carbocycles. The summed E-state index contributed by atoms with van der Waals surface area (Å²) in [7, 11) is 0. The minimum atomic E-state index is -0.145. The number of carbonyl (C=O) groups excluding carboxylic acids is 1. The van der Waals surface area contributed by atoms with Crippen molar-refractivity contribution in [2.75, 3.05) is 10.6 Å². The van der Waals surface area contributed by atoms with E-state index in [0.717, 1.165) is 21.4 Å². The first kappa shape index (κ1) is 17.6. The molecule has 3 aromatic rings. The van der Waals surface area contributed by atoms with Gasteiger partial charge in [-0.3, -0.25) is 4.79 Å². The van der Waals surface area contributed by atoms with E-state index < -0.39 is 0 Å². The topological polar surface area (TPSA) is 54.0 Å². The van der Waals surface area contributed by atoms with Crippen molar-refractivity contribution in [2.24, 2.45) is 0 Å². The van der Waals surface area contributed by atoms with Crippen LogP contribution in [0.5, 0.6) is 0 Å². The molecular formula is C19H18BrN3OS. The van der Waals surface area contributed by atoms with Crippen LogP contribution in [0.2, 0.25) is 0 Å². The number of thiazole rings is 1. The Hall–Kier alpha value is -2.18. The van der Waals surface area contributed by atoms with Gasteiger partial charge < -0.3 is 10.6 Å². The first-order valence-corrected chi connectivity index (χ1v) is 9.42. The molecule has 1 heterocycles. The number of hydrogen-bond acceptors (Lipinski definition) is 4. The highest BCUT2D eigenvalue weighted by Crippen LogP contribution is 2.27. The molecule has 1 amide bonds. The number of aromatic nitrogens is 1. The third kappa shape index (κ3) is 4.27. The van der Waals surface area contributed by atoms with Crippen molar-refractivity contribution in [2.45, 2.75) is 20.8 Å². The maximum Gasteiger partial charge on any atom is 0.267 e. The van der Waals surface area contributed by atoms with E-state index >= 15 is 0 Å². The summed E-state index contributed by atoms with van der Waals surface area (Å²) in [5, 5.41) is 6.89. The van der Waals surface area contributed by atoms with Crippen LogP contribution in [-0.4, -0.2) is 10.9 Å². The average Bonchev–Trinajstić information content (AvgIpc) is 2.94. The van der Waals surface area contributed by atoms with Crippen molar-refractivity contribution in [3.8, 4) is 0 Å². The Labute approximate surface area is 159 Å². The number of anilines is 3. The molecule has 0 aliphatic carbocycles. The molecule has 3 rings (SSSR count). The number of amides is 1. The van der Waals surface area contributed by atoms with E-state index in [1.54, 1.807) is 0 Å². The number of carbonyl (C=O) groups is 1. The van der Waals surface area contributed by atoms with Crippen molar-refractivity contribution < 1.29 is 4.79 Å². The van der Waals surface area contributed by atoms with E-state index in [4.69, 9.17) is 0 Å². The lowest BCUT2D eigenvalue weighted by Crippen LogP contribution is -2.11. The third-order valence-corrected chi connectivity index (χ3v) is 5.68. The molecule has 0 fully saturated rings. The first-order valence-electron chi connectivity index (χ1n) is 7.81. The molecule has 1 aromatic heterocycles. The Morgan fingerprint density at radius 1 is 1.04 bits per heavy atom. The van der Waals surface area contributed by atoms with E-state index in [2.05, 4.69) is 31.5 Å². The zero-order valence-electron chi connectivity index (χ0n) is 14.2. The number of nitrogens with zero attached hydrogens (tertiary/aromatic N) is 1. The fraction of sp³-hybridized carbons (Fsp3) is 0.158. The van der Waals surface area contributed by atoms with Crippen LogP contribution in [0.4, 0.5) is 16.5 Å². The molecule has 0 atom stereocenters. The molecule has 0 saturated carbocycles. The van der Waals surface area contributed by atoms with Crippen LogP contribution in [0, 0.1) is 20.8 Å². The number of hydrogen-bond donors (Lipinski definition) is 2. The Morgan fingerprint density at radius 2 is 1.72 bits per heavy atom. The van der Waals surface area contributed by atoms with Crippen LogP contribution in [0.25, 0.3) is 0 Å². The maximum atomic E-state index is 12.6. The summed E-state index contributed by atoms with van der Waals surface area (Å²) in [5.74, 6) is -0.145. The molecule has 0 saturated heterocycles. The molecule has 0 aliphatic rings. The smallest absolute Gasteiger partial charge is 0.267 e. The summed E-state index contributed by atoms with van der Waals surface area (Å²) in [6.45, 7) is 5.88. The average molecular weight is 416 g/mol. The van der Waals surface area contributed by atoms with Crippen molar-refractivity contribution >= 4 is 49.7 Å². The van der Waals surface area contributed by atoms with Crippen molar-refractivity contribution in [1.29, 1.82) is 0 Å². The van der Waals surface area contributed by atoms with Crippen molar-refractivity contribution in [3.63, 3.8) is 0 Å². The molecule has 128 valence electrons. The van der Waals surface area contributed by atoms with Crippen molar-refractivity contribution in [3.05, 3.63) is 68.6 Å². The lowest BCUT2D eigenvalue weighted by atomic mass is 10.2. The lowest BCUT2D eigenvalue weighted by Gasteiger charge is -2.06. The van der Waals surface area contributed by atoms with Crippen LogP contribution in [0.1, 0.15) is 26.5 Å². The predicted octanol–water partition coefficient (Wildman–Crippen LogP) is 5.83. The highest BCUT2D eigenvalue weighted by atomic mass is 79.9. The van der Waals surface area contributed by atoms with Gasteiger partial charge in [-0.1, -0.05) is 45.0 Å². The van der Waals surface area contributed by atoms with Crippen LogP contribution in [0.3, 0.4) is 0 Å². The molecule has 0 unspecified atom stereocenters. The first-order chi connectivity index (χ1) is 11.9. The lowest BCUT2D eigenvalue weighted by molar-refractivity contribution is 0.103. The summed E-state index contributed by atoms with van der Waals surface area (Å²) >= 11 is 4.81. The molecule has 0 spiro atoms. The second-order valence-electron chi connectivity index (χ2n) is 5.84. The van der Waals surface area contributed by atoms with Gasteiger partial charge in [0.2, 0.25) is 0 Å². The highest BCUT2D eigenvalue weighted by Gasteiger charge is 2.16. The number of benzene rings is 2. The SMILES string of the molecule is Cc1ccc(Nc2nc(C)c(C(=O)Nc3ccc(Br)c(C)c3)s2)cc1. The fourth-order valence-electron chi connectivity index (χ4n) is 2.33. The summed E-state index contributed by atoms with van der Waals surface area (Å²) in [4.78, 5) is 17.6. The van der Waals surface area contributed by atoms with Gasteiger partial charge in [-0.05, 0) is 56.7 Å². The van der Waals surface area contributed by atoms with E-state index in [1.165, 1.54) is 16.9 Å². The van der Waals surface area contributed by atoms with Crippen LogP contribution in [-0.2, 0) is 0 Å². The monoisotopic (exact) mass is 415 g/mol. The summed E-state index contributed by atoms with van der Waals surface area (Å²) in [5.41, 5.74) is 4.71. The number of rotatable bonds is 4. The van der Waals surface area contributed by atoms with Crippen LogP contribution in [0.15, 0.2) is 46.9 Å². The quantitative estimate of drug-likeness (QED) is 0.563. The van der Waals surface area contributed by atoms with Gasteiger partial charge in [0, 0.05) is 15.8 Å². The Bertz CT molecular complexity index is 919. The summed E-state index contributed by atoms with van der Waals surface area (Å²) in [6.07, 6.45) is 0. The van der Waals surface area contributed by atoms with Gasteiger partial charge in [0.05, 0.1) is 5.69 Å². The number of nitrogens with one attached hydrogen (secondary N) is 2. The molecule has 0 aliphatic heterocycles. The van der Waals surface area contributed by atoms with E-state index in [9.17, 15) is 4.79 Å². The van der Waals surface area contributed by atoms with Gasteiger partial charge in [-0.25, -0.2) is 4.98 Å². The van der Waals surface area contributed by atoms with E-state index in [0.29, 0.717) is 15.7 Å². The summed E-state index contributed by atoms with van der Waals surface area (Å²) < 4.78 is 1.02.